The van der Waals surface area contributed by atoms with Gasteiger partial charge in [-0.15, -0.1) is 0 Å². The Labute approximate surface area is 109 Å². The summed E-state index contributed by atoms with van der Waals surface area (Å²) in [5.41, 5.74) is 0.378. The Bertz CT molecular complexity index is 326. The Kier molecular flexibility index (Phi) is 2.48. The van der Waals surface area contributed by atoms with Gasteiger partial charge in [0.05, 0.1) is 19.3 Å². The van der Waals surface area contributed by atoms with Crippen LogP contribution < -0.4 is 5.32 Å². The van der Waals surface area contributed by atoms with Gasteiger partial charge in [-0.2, -0.15) is 0 Å². The minimum atomic E-state index is 0.283. The van der Waals surface area contributed by atoms with E-state index in [1.54, 1.807) is 0 Å². The predicted octanol–water partition coefficient (Wildman–Crippen LogP) is 2.11. The zero-order valence-electron chi connectivity index (χ0n) is 11.0. The zero-order valence-corrected chi connectivity index (χ0v) is 11.0. The van der Waals surface area contributed by atoms with Crippen molar-refractivity contribution in [2.24, 2.45) is 23.2 Å². The van der Waals surface area contributed by atoms with E-state index in [-0.39, 0.29) is 5.91 Å². The van der Waals surface area contributed by atoms with Gasteiger partial charge in [0.1, 0.15) is 0 Å². The van der Waals surface area contributed by atoms with Crippen LogP contribution in [0.3, 0.4) is 0 Å². The van der Waals surface area contributed by atoms with Gasteiger partial charge in [0.15, 0.2) is 0 Å². The number of carbonyl (C=O) groups is 1. The van der Waals surface area contributed by atoms with Crippen LogP contribution in [-0.4, -0.2) is 25.2 Å². The number of hydrogen-bond acceptors (Lipinski definition) is 2. The Morgan fingerprint density at radius 2 is 1.61 bits per heavy atom. The Balaban J connectivity index is 1.42. The smallest absolute Gasteiger partial charge is 0.220 e. The van der Waals surface area contributed by atoms with Crippen LogP contribution in [0.1, 0.15) is 44.9 Å². The summed E-state index contributed by atoms with van der Waals surface area (Å²) in [5, 5.41) is 3.13. The summed E-state index contributed by atoms with van der Waals surface area (Å²) in [4.78, 5) is 12.2. The van der Waals surface area contributed by atoms with Gasteiger partial charge < -0.3 is 10.1 Å². The minimum Gasteiger partial charge on any atom is -0.377 e. The summed E-state index contributed by atoms with van der Waals surface area (Å²) in [5.74, 6) is 3.11. The van der Waals surface area contributed by atoms with Gasteiger partial charge in [-0.25, -0.2) is 0 Å². The molecule has 5 fully saturated rings. The van der Waals surface area contributed by atoms with Crippen LogP contribution in [-0.2, 0) is 9.53 Å². The number of nitrogens with one attached hydrogen (secondary N) is 1. The predicted molar refractivity (Wildman–Crippen MR) is 68.0 cm³/mol. The van der Waals surface area contributed by atoms with Gasteiger partial charge in [-0.05, 0) is 61.7 Å². The van der Waals surface area contributed by atoms with Crippen molar-refractivity contribution in [2.45, 2.75) is 51.0 Å². The molecule has 4 aliphatic carbocycles. The molecule has 1 saturated heterocycles. The van der Waals surface area contributed by atoms with Gasteiger partial charge in [0.25, 0.3) is 0 Å². The second-order valence-electron chi connectivity index (χ2n) is 7.40. The topological polar surface area (TPSA) is 38.3 Å². The number of ether oxygens (including phenoxy) is 1. The third kappa shape index (κ3) is 1.87. The number of carbonyl (C=O) groups excluding carboxylic acids is 1. The van der Waals surface area contributed by atoms with Gasteiger partial charge in [-0.1, -0.05) is 0 Å². The van der Waals surface area contributed by atoms with Gasteiger partial charge in [0, 0.05) is 6.42 Å². The van der Waals surface area contributed by atoms with E-state index in [9.17, 15) is 4.79 Å². The number of amides is 1. The van der Waals surface area contributed by atoms with E-state index in [1.807, 2.05) is 0 Å². The summed E-state index contributed by atoms with van der Waals surface area (Å²) in [6.45, 7) is 1.43. The first-order valence-electron chi connectivity index (χ1n) is 7.58. The van der Waals surface area contributed by atoms with Crippen LogP contribution in [0.25, 0.3) is 0 Å². The first kappa shape index (κ1) is 11.3. The van der Waals surface area contributed by atoms with Crippen molar-refractivity contribution in [1.82, 2.24) is 5.32 Å². The van der Waals surface area contributed by atoms with Crippen molar-refractivity contribution in [3.8, 4) is 0 Å². The van der Waals surface area contributed by atoms with E-state index in [4.69, 9.17) is 4.74 Å². The maximum absolute atomic E-state index is 12.2. The second-order valence-corrected chi connectivity index (χ2v) is 7.40. The fourth-order valence-electron chi connectivity index (χ4n) is 5.44. The van der Waals surface area contributed by atoms with Crippen LogP contribution in [0.5, 0.6) is 0 Å². The van der Waals surface area contributed by atoms with Crippen LogP contribution >= 0.6 is 0 Å². The molecule has 0 aromatic carbocycles. The molecule has 5 aliphatic rings. The molecular weight excluding hydrogens is 226 g/mol. The summed E-state index contributed by atoms with van der Waals surface area (Å²) < 4.78 is 5.11. The van der Waals surface area contributed by atoms with E-state index in [2.05, 4.69) is 5.32 Å². The van der Waals surface area contributed by atoms with E-state index in [1.165, 1.54) is 38.5 Å². The average Bonchev–Trinajstić information content (AvgIpc) is 2.20. The van der Waals surface area contributed by atoms with Crippen molar-refractivity contribution in [2.75, 3.05) is 13.2 Å². The summed E-state index contributed by atoms with van der Waals surface area (Å²) in [6.07, 6.45) is 9.13. The molecular formula is C15H23NO2. The molecule has 0 spiro atoms. The normalized spacial score (nSPS) is 45.9. The van der Waals surface area contributed by atoms with Crippen LogP contribution in [0, 0.1) is 23.2 Å². The van der Waals surface area contributed by atoms with Gasteiger partial charge in [0.2, 0.25) is 5.91 Å². The molecule has 0 aromatic heterocycles. The lowest BCUT2D eigenvalue weighted by molar-refractivity contribution is -0.133. The van der Waals surface area contributed by atoms with Gasteiger partial charge in [-0.3, -0.25) is 4.79 Å². The van der Waals surface area contributed by atoms with E-state index >= 15 is 0 Å². The Morgan fingerprint density at radius 3 is 2.06 bits per heavy atom. The molecule has 3 heteroatoms. The van der Waals surface area contributed by atoms with Crippen molar-refractivity contribution < 1.29 is 9.53 Å². The highest BCUT2D eigenvalue weighted by Gasteiger charge is 2.51. The molecule has 0 aromatic rings. The van der Waals surface area contributed by atoms with Gasteiger partial charge >= 0.3 is 0 Å². The lowest BCUT2D eigenvalue weighted by Gasteiger charge is -2.56. The Morgan fingerprint density at radius 1 is 1.06 bits per heavy atom. The average molecular weight is 249 g/mol. The zero-order chi connectivity index (χ0) is 12.2. The molecule has 100 valence electrons. The standard InChI is InChI=1S/C15H23NO2/c17-14(16-13-8-18-9-13)7-15-4-10-1-11(5-15)3-12(2-10)6-15/h10-13H,1-9H2,(H,16,17). The molecule has 0 unspecified atom stereocenters. The van der Waals surface area contributed by atoms with Crippen LogP contribution in [0.15, 0.2) is 0 Å². The third-order valence-corrected chi connectivity index (χ3v) is 5.70. The minimum absolute atomic E-state index is 0.283. The molecule has 18 heavy (non-hydrogen) atoms. The molecule has 4 bridgehead atoms. The maximum Gasteiger partial charge on any atom is 0.220 e. The lowest BCUT2D eigenvalue weighted by Crippen LogP contribution is -2.52. The molecule has 1 heterocycles. The van der Waals surface area contributed by atoms with Crippen molar-refractivity contribution >= 4 is 5.91 Å². The molecule has 0 radical (unpaired) electrons. The number of rotatable bonds is 3. The Hall–Kier alpha value is -0.570. The molecule has 0 atom stereocenters. The van der Waals surface area contributed by atoms with E-state index in [0.717, 1.165) is 24.2 Å². The van der Waals surface area contributed by atoms with Crippen molar-refractivity contribution in [3.05, 3.63) is 0 Å². The molecule has 1 aliphatic heterocycles. The SMILES string of the molecule is O=C(CC12CC3CC(CC(C3)C1)C2)NC1COC1. The monoisotopic (exact) mass is 249 g/mol. The molecule has 1 N–H and O–H groups in total. The first-order chi connectivity index (χ1) is 8.71. The fourth-order valence-corrected chi connectivity index (χ4v) is 5.44. The summed E-state index contributed by atoms with van der Waals surface area (Å²) in [6, 6.07) is 0.298. The third-order valence-electron chi connectivity index (χ3n) is 5.70. The van der Waals surface area contributed by atoms with Crippen molar-refractivity contribution in [1.29, 1.82) is 0 Å². The van der Waals surface area contributed by atoms with E-state index in [0.29, 0.717) is 24.7 Å². The lowest BCUT2D eigenvalue weighted by atomic mass is 9.49. The molecule has 5 rings (SSSR count). The summed E-state index contributed by atoms with van der Waals surface area (Å²) in [7, 11) is 0. The maximum atomic E-state index is 12.2. The van der Waals surface area contributed by atoms with Crippen molar-refractivity contribution in [3.63, 3.8) is 0 Å². The van der Waals surface area contributed by atoms with E-state index < -0.39 is 0 Å². The molecule has 3 nitrogen and oxygen atoms in total. The first-order valence-corrected chi connectivity index (χ1v) is 7.58. The fraction of sp³-hybridized carbons (Fsp3) is 0.933. The molecule has 4 saturated carbocycles. The summed E-state index contributed by atoms with van der Waals surface area (Å²) >= 11 is 0. The van der Waals surface area contributed by atoms with Crippen LogP contribution in [0.4, 0.5) is 0 Å². The molecule has 1 amide bonds. The largest absolute Gasteiger partial charge is 0.377 e. The highest BCUT2D eigenvalue weighted by Crippen LogP contribution is 2.61. The second kappa shape index (κ2) is 3.96. The number of hydrogen-bond donors (Lipinski definition) is 1. The quantitative estimate of drug-likeness (QED) is 0.832. The highest BCUT2D eigenvalue weighted by molar-refractivity contribution is 5.77. The van der Waals surface area contributed by atoms with Crippen LogP contribution in [0.2, 0.25) is 0 Å². The highest BCUT2D eigenvalue weighted by atomic mass is 16.5.